The van der Waals surface area contributed by atoms with Crippen molar-refractivity contribution in [3.8, 4) is 0 Å². The molecule has 1 aromatic carbocycles. The van der Waals surface area contributed by atoms with Crippen LogP contribution in [0.15, 0.2) is 23.1 Å². The first kappa shape index (κ1) is 16.5. The highest BCUT2D eigenvalue weighted by molar-refractivity contribution is 7.89. The Morgan fingerprint density at radius 3 is 2.48 bits per heavy atom. The van der Waals surface area contributed by atoms with Crippen LogP contribution in [-0.2, 0) is 16.6 Å². The van der Waals surface area contributed by atoms with Crippen LogP contribution in [0.1, 0.15) is 50.7 Å². The fourth-order valence-corrected chi connectivity index (χ4v) is 3.74. The number of nitrogens with one attached hydrogen (secondary N) is 2. The van der Waals surface area contributed by atoms with Crippen LogP contribution in [0.3, 0.4) is 0 Å². The largest absolute Gasteiger partial charge is 0.310 e. The minimum atomic E-state index is -3.42. The molecule has 2 N–H and O–H groups in total. The molecule has 1 aliphatic rings. The molecule has 0 aromatic heterocycles. The first-order chi connectivity index (χ1) is 9.96. The zero-order valence-electron chi connectivity index (χ0n) is 13.1. The van der Waals surface area contributed by atoms with Crippen LogP contribution < -0.4 is 10.0 Å². The van der Waals surface area contributed by atoms with Gasteiger partial charge >= 0.3 is 0 Å². The van der Waals surface area contributed by atoms with Gasteiger partial charge in [-0.05, 0) is 55.9 Å². The van der Waals surface area contributed by atoms with Gasteiger partial charge in [0.15, 0.2) is 0 Å². The third kappa shape index (κ3) is 4.53. The highest BCUT2D eigenvalue weighted by atomic mass is 32.2. The fraction of sp³-hybridized carbons (Fsp3) is 0.625. The van der Waals surface area contributed by atoms with Crippen molar-refractivity contribution in [2.75, 3.05) is 0 Å². The monoisotopic (exact) mass is 310 g/mol. The quantitative estimate of drug-likeness (QED) is 0.776. The Morgan fingerprint density at radius 1 is 1.24 bits per heavy atom. The second-order valence-electron chi connectivity index (χ2n) is 5.88. The SMILES string of the molecule is CCC(CC)NS(=O)(=O)c1ccc(C)c(CNC2CC2)c1. The van der Waals surface area contributed by atoms with Gasteiger partial charge in [-0.25, -0.2) is 13.1 Å². The third-order valence-corrected chi connectivity index (χ3v) is 5.62. The van der Waals surface area contributed by atoms with E-state index in [9.17, 15) is 8.42 Å². The molecule has 1 aromatic rings. The molecule has 1 aliphatic carbocycles. The van der Waals surface area contributed by atoms with Gasteiger partial charge in [0.05, 0.1) is 4.90 Å². The third-order valence-electron chi connectivity index (χ3n) is 4.10. The standard InChI is InChI=1S/C16H26N2O2S/c1-4-14(5-2)18-21(19,20)16-9-6-12(3)13(10-16)11-17-15-7-8-15/h6,9-10,14-15,17-18H,4-5,7-8,11H2,1-3H3. The second kappa shape index (κ2) is 6.90. The fourth-order valence-electron chi connectivity index (χ4n) is 2.29. The topological polar surface area (TPSA) is 58.2 Å². The first-order valence-electron chi connectivity index (χ1n) is 7.81. The highest BCUT2D eigenvalue weighted by Crippen LogP contribution is 2.21. The van der Waals surface area contributed by atoms with Gasteiger partial charge in [0.1, 0.15) is 0 Å². The zero-order chi connectivity index (χ0) is 15.5. The van der Waals surface area contributed by atoms with Crippen molar-refractivity contribution in [1.29, 1.82) is 0 Å². The molecular weight excluding hydrogens is 284 g/mol. The molecule has 1 fully saturated rings. The molecule has 0 amide bonds. The van der Waals surface area contributed by atoms with Crippen molar-refractivity contribution in [1.82, 2.24) is 10.0 Å². The second-order valence-corrected chi connectivity index (χ2v) is 7.59. The summed E-state index contributed by atoms with van der Waals surface area (Å²) >= 11 is 0. The number of sulfonamides is 1. The molecule has 4 nitrogen and oxygen atoms in total. The summed E-state index contributed by atoms with van der Waals surface area (Å²) in [5, 5.41) is 3.44. The summed E-state index contributed by atoms with van der Waals surface area (Å²) in [6.07, 6.45) is 4.07. The summed E-state index contributed by atoms with van der Waals surface area (Å²) in [5.74, 6) is 0. The molecule has 0 heterocycles. The van der Waals surface area contributed by atoms with E-state index in [1.807, 2.05) is 26.8 Å². The van der Waals surface area contributed by atoms with Crippen LogP contribution in [0, 0.1) is 6.92 Å². The van der Waals surface area contributed by atoms with Crippen molar-refractivity contribution in [3.05, 3.63) is 29.3 Å². The number of rotatable bonds is 8. The Morgan fingerprint density at radius 2 is 1.90 bits per heavy atom. The van der Waals surface area contributed by atoms with Gasteiger partial charge in [-0.15, -0.1) is 0 Å². The average molecular weight is 310 g/mol. The van der Waals surface area contributed by atoms with Crippen LogP contribution in [0.4, 0.5) is 0 Å². The lowest BCUT2D eigenvalue weighted by molar-refractivity contribution is 0.530. The number of aryl methyl sites for hydroxylation is 1. The number of benzene rings is 1. The van der Waals surface area contributed by atoms with Gasteiger partial charge < -0.3 is 5.32 Å². The molecule has 0 atom stereocenters. The van der Waals surface area contributed by atoms with Gasteiger partial charge in [0.25, 0.3) is 0 Å². The molecule has 0 radical (unpaired) electrons. The number of hydrogen-bond acceptors (Lipinski definition) is 3. The van der Waals surface area contributed by atoms with Crippen molar-refractivity contribution >= 4 is 10.0 Å². The minimum Gasteiger partial charge on any atom is -0.310 e. The molecular formula is C16H26N2O2S. The normalized spacial score (nSPS) is 15.6. The molecule has 0 spiro atoms. The molecule has 5 heteroatoms. The van der Waals surface area contributed by atoms with Crippen LogP contribution in [0.5, 0.6) is 0 Å². The van der Waals surface area contributed by atoms with Crippen LogP contribution >= 0.6 is 0 Å². The smallest absolute Gasteiger partial charge is 0.240 e. The van der Waals surface area contributed by atoms with E-state index in [1.165, 1.54) is 12.8 Å². The Hall–Kier alpha value is -0.910. The molecule has 2 rings (SSSR count). The van der Waals surface area contributed by atoms with E-state index in [1.54, 1.807) is 12.1 Å². The predicted octanol–water partition coefficient (Wildman–Crippen LogP) is 2.71. The maximum absolute atomic E-state index is 12.4. The van der Waals surface area contributed by atoms with Gasteiger partial charge in [0, 0.05) is 18.6 Å². The minimum absolute atomic E-state index is 0.00402. The molecule has 0 aliphatic heterocycles. The summed E-state index contributed by atoms with van der Waals surface area (Å²) in [5.41, 5.74) is 2.19. The Balaban J connectivity index is 2.15. The lowest BCUT2D eigenvalue weighted by atomic mass is 10.1. The summed E-state index contributed by atoms with van der Waals surface area (Å²) < 4.78 is 27.7. The van der Waals surface area contributed by atoms with E-state index in [2.05, 4.69) is 10.0 Å². The Kier molecular flexibility index (Phi) is 5.41. The summed E-state index contributed by atoms with van der Waals surface area (Å²) in [7, 11) is -3.42. The lowest BCUT2D eigenvalue weighted by Gasteiger charge is -2.16. The lowest BCUT2D eigenvalue weighted by Crippen LogP contribution is -2.34. The van der Waals surface area contributed by atoms with Crippen molar-refractivity contribution in [2.45, 2.75) is 70.0 Å². The summed E-state index contributed by atoms with van der Waals surface area (Å²) in [6.45, 7) is 6.76. The molecule has 1 saturated carbocycles. The van der Waals surface area contributed by atoms with Gasteiger partial charge in [0.2, 0.25) is 10.0 Å². The van der Waals surface area contributed by atoms with E-state index in [0.29, 0.717) is 10.9 Å². The van der Waals surface area contributed by atoms with E-state index in [0.717, 1.165) is 30.5 Å². The van der Waals surface area contributed by atoms with E-state index in [-0.39, 0.29) is 6.04 Å². The highest BCUT2D eigenvalue weighted by Gasteiger charge is 2.22. The van der Waals surface area contributed by atoms with Crippen molar-refractivity contribution < 1.29 is 8.42 Å². The summed E-state index contributed by atoms with van der Waals surface area (Å²) in [6, 6.07) is 6.01. The average Bonchev–Trinajstić information content (AvgIpc) is 3.28. The Bertz CT molecular complexity index is 576. The van der Waals surface area contributed by atoms with Crippen LogP contribution in [0.25, 0.3) is 0 Å². The van der Waals surface area contributed by atoms with Gasteiger partial charge in [-0.2, -0.15) is 0 Å². The molecule has 0 bridgehead atoms. The van der Waals surface area contributed by atoms with Gasteiger partial charge in [-0.1, -0.05) is 19.9 Å². The van der Waals surface area contributed by atoms with E-state index >= 15 is 0 Å². The van der Waals surface area contributed by atoms with Crippen molar-refractivity contribution in [3.63, 3.8) is 0 Å². The molecule has 0 saturated heterocycles. The van der Waals surface area contributed by atoms with Crippen molar-refractivity contribution in [2.24, 2.45) is 0 Å². The first-order valence-corrected chi connectivity index (χ1v) is 9.29. The Labute approximate surface area is 128 Å². The summed E-state index contributed by atoms with van der Waals surface area (Å²) in [4.78, 5) is 0.368. The molecule has 0 unspecified atom stereocenters. The number of hydrogen-bond donors (Lipinski definition) is 2. The van der Waals surface area contributed by atoms with Crippen LogP contribution in [0.2, 0.25) is 0 Å². The van der Waals surface area contributed by atoms with E-state index < -0.39 is 10.0 Å². The maximum atomic E-state index is 12.4. The molecule has 21 heavy (non-hydrogen) atoms. The zero-order valence-corrected chi connectivity index (χ0v) is 14.0. The predicted molar refractivity (Wildman–Crippen MR) is 85.7 cm³/mol. The van der Waals surface area contributed by atoms with E-state index in [4.69, 9.17) is 0 Å². The molecule has 118 valence electrons. The van der Waals surface area contributed by atoms with Crippen LogP contribution in [-0.4, -0.2) is 20.5 Å². The van der Waals surface area contributed by atoms with Gasteiger partial charge in [-0.3, -0.25) is 0 Å². The maximum Gasteiger partial charge on any atom is 0.240 e.